The summed E-state index contributed by atoms with van der Waals surface area (Å²) in [6.45, 7) is 3.57. The van der Waals surface area contributed by atoms with Gasteiger partial charge in [-0.3, -0.25) is 19.4 Å². The van der Waals surface area contributed by atoms with E-state index in [1.165, 1.54) is 14.1 Å². The lowest BCUT2D eigenvalue weighted by Gasteiger charge is -2.33. The fourth-order valence-electron chi connectivity index (χ4n) is 4.39. The third kappa shape index (κ3) is 3.57. The number of carbonyl (C=O) groups excluding carboxylic acids is 4. The first-order valence-electron chi connectivity index (χ1n) is 10.9. The predicted molar refractivity (Wildman–Crippen MR) is 126 cm³/mol. The number of carbonyl (C=O) groups is 4. The van der Waals surface area contributed by atoms with Crippen LogP contribution in [0.1, 0.15) is 34.5 Å². The molecule has 0 spiro atoms. The summed E-state index contributed by atoms with van der Waals surface area (Å²) in [7, 11) is 2.65. The minimum Gasteiger partial charge on any atom is -0.462 e. The zero-order valence-electron chi connectivity index (χ0n) is 19.4. The number of nitrogens with zero attached hydrogens (tertiary/aromatic N) is 3. The van der Waals surface area contributed by atoms with Crippen molar-refractivity contribution < 1.29 is 23.9 Å². The summed E-state index contributed by atoms with van der Waals surface area (Å²) in [6, 6.07) is 17.9. The topological polar surface area (TPSA) is 88.9 Å². The highest BCUT2D eigenvalue weighted by molar-refractivity contribution is 6.20. The third-order valence-corrected chi connectivity index (χ3v) is 6.00. The Labute approximate surface area is 197 Å². The van der Waals surface area contributed by atoms with E-state index in [0.29, 0.717) is 17.0 Å². The van der Waals surface area contributed by atoms with Crippen LogP contribution >= 0.6 is 0 Å². The first kappa shape index (κ1) is 23.0. The van der Waals surface area contributed by atoms with Crippen LogP contribution in [0.3, 0.4) is 0 Å². The lowest BCUT2D eigenvalue weighted by Crippen LogP contribution is -2.56. The molecular formula is C26H25N3O5. The monoisotopic (exact) mass is 459 g/mol. The number of likely N-dealkylation sites (N-methyl/N-ethyl adjacent to an activating group) is 2. The van der Waals surface area contributed by atoms with Crippen LogP contribution < -0.4 is 0 Å². The van der Waals surface area contributed by atoms with Crippen molar-refractivity contribution in [1.82, 2.24) is 14.4 Å². The molecule has 3 aromatic rings. The molecule has 0 bridgehead atoms. The Hall–Kier alpha value is -4.20. The van der Waals surface area contributed by atoms with Crippen LogP contribution in [0, 0.1) is 6.92 Å². The number of hydrogen-bond acceptors (Lipinski definition) is 5. The van der Waals surface area contributed by atoms with Crippen LogP contribution in [0.15, 0.2) is 60.7 Å². The second kappa shape index (κ2) is 8.97. The second-order valence-corrected chi connectivity index (χ2v) is 7.99. The van der Waals surface area contributed by atoms with Gasteiger partial charge in [0.1, 0.15) is 5.92 Å². The van der Waals surface area contributed by atoms with E-state index < -0.39 is 29.7 Å². The molecule has 4 rings (SSSR count). The van der Waals surface area contributed by atoms with Crippen LogP contribution in [0.2, 0.25) is 0 Å². The quantitative estimate of drug-likeness (QED) is 0.428. The number of amides is 4. The summed E-state index contributed by atoms with van der Waals surface area (Å²) >= 11 is 0. The Kier molecular flexibility index (Phi) is 6.06. The third-order valence-electron chi connectivity index (χ3n) is 6.00. The van der Waals surface area contributed by atoms with Crippen molar-refractivity contribution in [2.45, 2.75) is 19.8 Å². The molecule has 1 fully saturated rings. The van der Waals surface area contributed by atoms with E-state index in [1.54, 1.807) is 13.8 Å². The lowest BCUT2D eigenvalue weighted by molar-refractivity contribution is -0.143. The molecule has 0 aliphatic carbocycles. The fourth-order valence-corrected chi connectivity index (χ4v) is 4.39. The van der Waals surface area contributed by atoms with Crippen molar-refractivity contribution in [2.24, 2.45) is 0 Å². The van der Waals surface area contributed by atoms with E-state index >= 15 is 0 Å². The van der Waals surface area contributed by atoms with Gasteiger partial charge in [0.2, 0.25) is 11.8 Å². The molecule has 0 saturated carbocycles. The molecule has 0 atom stereocenters. The maximum absolute atomic E-state index is 13.4. The lowest BCUT2D eigenvalue weighted by atomic mass is 9.88. The standard InChI is InChI=1S/C26H25N3O5/c1-5-34-25(32)19-16(2)29(18-14-10-7-11-15-18)22(17-12-8-6-9-13-17)20(19)21-23(30)27(3)26(33)28(4)24(21)31/h6-15,21H,5H2,1-4H3. The molecule has 2 aromatic carbocycles. The van der Waals surface area contributed by atoms with E-state index in [4.69, 9.17) is 4.74 Å². The minimum absolute atomic E-state index is 0.125. The Morgan fingerprint density at radius 1 is 0.882 bits per heavy atom. The van der Waals surface area contributed by atoms with Gasteiger partial charge in [0.15, 0.2) is 0 Å². The van der Waals surface area contributed by atoms with Crippen LogP contribution in [0.5, 0.6) is 0 Å². The fraction of sp³-hybridized carbons (Fsp3) is 0.231. The Morgan fingerprint density at radius 3 is 1.94 bits per heavy atom. The van der Waals surface area contributed by atoms with E-state index in [9.17, 15) is 19.2 Å². The molecule has 1 saturated heterocycles. The maximum atomic E-state index is 13.4. The van der Waals surface area contributed by atoms with Gasteiger partial charge in [-0.05, 0) is 31.5 Å². The van der Waals surface area contributed by atoms with Crippen LogP contribution in [-0.4, -0.2) is 58.9 Å². The Balaban J connectivity index is 2.13. The number of rotatable bonds is 5. The number of aromatic nitrogens is 1. The highest BCUT2D eigenvalue weighted by Crippen LogP contribution is 2.41. The van der Waals surface area contributed by atoms with E-state index in [-0.39, 0.29) is 17.7 Å². The van der Waals surface area contributed by atoms with Gasteiger partial charge in [-0.2, -0.15) is 0 Å². The average Bonchev–Trinajstić information content (AvgIpc) is 3.15. The van der Waals surface area contributed by atoms with E-state index in [0.717, 1.165) is 15.5 Å². The number of hydrogen-bond donors (Lipinski definition) is 0. The largest absolute Gasteiger partial charge is 0.462 e. The Bertz CT molecular complexity index is 1260. The summed E-state index contributed by atoms with van der Waals surface area (Å²) in [6.07, 6.45) is 0. The molecule has 34 heavy (non-hydrogen) atoms. The predicted octanol–water partition coefficient (Wildman–Crippen LogP) is 3.76. The van der Waals surface area contributed by atoms with E-state index in [1.807, 2.05) is 65.2 Å². The molecule has 1 aliphatic heterocycles. The number of barbiturate groups is 1. The van der Waals surface area contributed by atoms with Gasteiger partial charge in [0.25, 0.3) is 0 Å². The van der Waals surface area contributed by atoms with Crippen molar-refractivity contribution >= 4 is 23.8 Å². The smallest absolute Gasteiger partial charge is 0.340 e. The van der Waals surface area contributed by atoms with Crippen molar-refractivity contribution in [3.8, 4) is 16.9 Å². The SMILES string of the molecule is CCOC(=O)c1c(C2C(=O)N(C)C(=O)N(C)C2=O)c(-c2ccccc2)n(-c2ccccc2)c1C. The van der Waals surface area contributed by atoms with Crippen molar-refractivity contribution in [3.63, 3.8) is 0 Å². The van der Waals surface area contributed by atoms with E-state index in [2.05, 4.69) is 0 Å². The minimum atomic E-state index is -1.38. The van der Waals surface area contributed by atoms with Crippen molar-refractivity contribution in [2.75, 3.05) is 20.7 Å². The molecule has 8 nitrogen and oxygen atoms in total. The molecule has 8 heteroatoms. The normalized spacial score (nSPS) is 14.6. The summed E-state index contributed by atoms with van der Waals surface area (Å²) in [5, 5.41) is 0. The van der Waals surface area contributed by atoms with Crippen molar-refractivity contribution in [3.05, 3.63) is 77.5 Å². The number of esters is 1. The molecule has 2 heterocycles. The van der Waals surface area contributed by atoms with Crippen LogP contribution in [0.4, 0.5) is 4.79 Å². The zero-order chi connectivity index (χ0) is 24.6. The van der Waals surface area contributed by atoms with Crippen LogP contribution in [0.25, 0.3) is 16.9 Å². The molecule has 0 N–H and O–H groups in total. The maximum Gasteiger partial charge on any atom is 0.340 e. The zero-order valence-corrected chi connectivity index (χ0v) is 19.4. The molecule has 174 valence electrons. The highest BCUT2D eigenvalue weighted by Gasteiger charge is 2.47. The highest BCUT2D eigenvalue weighted by atomic mass is 16.5. The summed E-state index contributed by atoms with van der Waals surface area (Å²) in [4.78, 5) is 54.2. The second-order valence-electron chi connectivity index (χ2n) is 7.99. The van der Waals surface area contributed by atoms with Crippen LogP contribution in [-0.2, 0) is 14.3 Å². The number of urea groups is 1. The molecule has 1 aromatic heterocycles. The van der Waals surface area contributed by atoms with Gasteiger partial charge < -0.3 is 9.30 Å². The number of para-hydroxylation sites is 1. The number of ether oxygens (including phenoxy) is 1. The molecule has 4 amide bonds. The van der Waals surface area contributed by atoms with Gasteiger partial charge in [-0.1, -0.05) is 48.5 Å². The Morgan fingerprint density at radius 2 is 1.41 bits per heavy atom. The number of imide groups is 2. The summed E-state index contributed by atoms with van der Waals surface area (Å²) in [5.41, 5.74) is 2.89. The van der Waals surface area contributed by atoms with Gasteiger partial charge >= 0.3 is 12.0 Å². The first-order valence-corrected chi connectivity index (χ1v) is 10.9. The summed E-state index contributed by atoms with van der Waals surface area (Å²) < 4.78 is 7.21. The van der Waals surface area contributed by atoms with Crippen molar-refractivity contribution in [1.29, 1.82) is 0 Å². The average molecular weight is 460 g/mol. The first-order chi connectivity index (χ1) is 16.3. The molecular weight excluding hydrogens is 434 g/mol. The molecule has 1 aliphatic rings. The molecule has 0 radical (unpaired) electrons. The number of benzene rings is 2. The van der Waals surface area contributed by atoms with Gasteiger partial charge in [0, 0.05) is 31.0 Å². The van der Waals surface area contributed by atoms with Gasteiger partial charge in [-0.25, -0.2) is 9.59 Å². The summed E-state index contributed by atoms with van der Waals surface area (Å²) in [5.74, 6) is -3.40. The molecule has 0 unspecified atom stereocenters. The van der Waals surface area contributed by atoms with Gasteiger partial charge in [0.05, 0.1) is 17.9 Å². The van der Waals surface area contributed by atoms with Gasteiger partial charge in [-0.15, -0.1) is 0 Å².